The maximum absolute atomic E-state index is 12.0. The zero-order valence-corrected chi connectivity index (χ0v) is 26.2. The summed E-state index contributed by atoms with van der Waals surface area (Å²) in [5.74, 6) is 0. The van der Waals surface area contributed by atoms with Crippen molar-refractivity contribution in [2.45, 2.75) is 14.7 Å². The minimum Gasteiger partial charge on any atom is -0.398 e. The third-order valence-corrected chi connectivity index (χ3v) is 9.90. The molecule has 47 heavy (non-hydrogen) atoms. The van der Waals surface area contributed by atoms with E-state index in [1.165, 1.54) is 54.6 Å². The molecule has 14 nitrogen and oxygen atoms in total. The molecule has 0 aliphatic carbocycles. The number of nitrogens with zero attached hydrogens (tertiary/aromatic N) is 2. The van der Waals surface area contributed by atoms with Crippen molar-refractivity contribution in [1.82, 2.24) is 0 Å². The van der Waals surface area contributed by atoms with Crippen LogP contribution in [0.3, 0.4) is 0 Å². The zero-order chi connectivity index (χ0) is 33.7. The number of nitrogens with two attached hydrogens (primary N) is 1. The van der Waals surface area contributed by atoms with E-state index in [1.807, 2.05) is 0 Å². The summed E-state index contributed by atoms with van der Waals surface area (Å²) in [5.41, 5.74) is 13.3. The van der Waals surface area contributed by atoms with Gasteiger partial charge in [-0.15, -0.1) is 10.2 Å². The molecule has 17 heteroatoms. The molecule has 6 aromatic carbocycles. The van der Waals surface area contributed by atoms with Gasteiger partial charge in [0.15, 0.2) is 0 Å². The second kappa shape index (κ2) is 11.6. The predicted molar refractivity (Wildman–Crippen MR) is 177 cm³/mol. The molecule has 0 fully saturated rings. The van der Waals surface area contributed by atoms with Crippen LogP contribution in [0, 0.1) is 0 Å². The van der Waals surface area contributed by atoms with Crippen molar-refractivity contribution in [3.05, 3.63) is 97.1 Å². The maximum Gasteiger partial charge on any atom is 0.295 e. The van der Waals surface area contributed by atoms with Crippen LogP contribution < -0.4 is 16.6 Å². The van der Waals surface area contributed by atoms with Gasteiger partial charge >= 0.3 is 0 Å². The Bertz CT molecular complexity index is 2630. The van der Waals surface area contributed by atoms with Crippen molar-refractivity contribution in [3.63, 3.8) is 0 Å². The average Bonchev–Trinajstić information content (AvgIpc) is 3.01. The third-order valence-electron chi connectivity index (χ3n) is 7.30. The molecule has 0 unspecified atom stereocenters. The molecular formula is C30H23N5O9S3. The van der Waals surface area contributed by atoms with Gasteiger partial charge in [-0.25, -0.2) is 0 Å². The van der Waals surface area contributed by atoms with Crippen LogP contribution in [0.15, 0.2) is 122 Å². The molecule has 6 aromatic rings. The Balaban J connectivity index is 1.43. The van der Waals surface area contributed by atoms with Crippen LogP contribution in [0.2, 0.25) is 0 Å². The summed E-state index contributed by atoms with van der Waals surface area (Å²) in [6.45, 7) is 0. The summed E-state index contributed by atoms with van der Waals surface area (Å²) in [6.07, 6.45) is 0. The van der Waals surface area contributed by atoms with Crippen LogP contribution in [0.25, 0.3) is 32.3 Å². The topological polar surface area (TPSA) is 238 Å². The van der Waals surface area contributed by atoms with Crippen molar-refractivity contribution < 1.29 is 38.9 Å². The standard InChI is InChI=1S/C30H23N5O9S3/c31-24-11-12-27(21-4-2-6-29(30(21)24)47(42,43)44)34-35-28-14-13-26(20-10-9-19(16-23(20)28)46(39,40)41)33-32-25-5-1-3-17-7-8-18(15-22(17)25)45(36,37)38/h1-16,34-35H,31H2,(H,36,37,38)(H,39,40,41)(H,42,43,44). The van der Waals surface area contributed by atoms with E-state index in [0.717, 1.165) is 0 Å². The van der Waals surface area contributed by atoms with E-state index in [-0.39, 0.29) is 31.9 Å². The van der Waals surface area contributed by atoms with Crippen LogP contribution in [0.4, 0.5) is 28.4 Å². The van der Waals surface area contributed by atoms with E-state index in [9.17, 15) is 38.9 Å². The van der Waals surface area contributed by atoms with Gasteiger partial charge in [0.25, 0.3) is 30.4 Å². The molecule has 7 N–H and O–H groups in total. The Morgan fingerprint density at radius 1 is 0.532 bits per heavy atom. The van der Waals surface area contributed by atoms with Gasteiger partial charge in [0.1, 0.15) is 4.90 Å². The highest BCUT2D eigenvalue weighted by Gasteiger charge is 2.19. The zero-order valence-electron chi connectivity index (χ0n) is 23.7. The first-order valence-electron chi connectivity index (χ1n) is 13.4. The van der Waals surface area contributed by atoms with Crippen molar-refractivity contribution in [3.8, 4) is 0 Å². The fourth-order valence-electron chi connectivity index (χ4n) is 5.12. The van der Waals surface area contributed by atoms with Crippen molar-refractivity contribution in [2.75, 3.05) is 16.6 Å². The van der Waals surface area contributed by atoms with E-state index in [4.69, 9.17) is 5.73 Å². The molecule has 0 radical (unpaired) electrons. The Hall–Kier alpha value is -5.17. The van der Waals surface area contributed by atoms with Gasteiger partial charge in [-0.3, -0.25) is 13.7 Å². The molecule has 0 saturated carbocycles. The number of fused-ring (bicyclic) bond motifs is 3. The summed E-state index contributed by atoms with van der Waals surface area (Å²) in [4.78, 5) is -1.10. The highest BCUT2D eigenvalue weighted by atomic mass is 32.2. The smallest absolute Gasteiger partial charge is 0.295 e. The number of benzene rings is 6. The molecule has 0 atom stereocenters. The van der Waals surface area contributed by atoms with E-state index in [1.54, 1.807) is 42.5 Å². The lowest BCUT2D eigenvalue weighted by molar-refractivity contribution is 0.481. The molecule has 0 amide bonds. The summed E-state index contributed by atoms with van der Waals surface area (Å²) in [5, 5.41) is 10.8. The average molecular weight is 694 g/mol. The molecular weight excluding hydrogens is 671 g/mol. The van der Waals surface area contributed by atoms with E-state index >= 15 is 0 Å². The minimum atomic E-state index is -4.61. The van der Waals surface area contributed by atoms with Gasteiger partial charge in [0.2, 0.25) is 0 Å². The molecule has 6 rings (SSSR count). The quantitative estimate of drug-likeness (QED) is 0.0444. The van der Waals surface area contributed by atoms with Gasteiger partial charge in [0, 0.05) is 32.6 Å². The maximum atomic E-state index is 12.0. The molecule has 0 spiro atoms. The Morgan fingerprint density at radius 2 is 1.11 bits per heavy atom. The summed E-state index contributed by atoms with van der Waals surface area (Å²) in [7, 11) is -13.7. The molecule has 0 aliphatic heterocycles. The first-order valence-corrected chi connectivity index (χ1v) is 17.7. The van der Waals surface area contributed by atoms with Crippen LogP contribution in [0.1, 0.15) is 0 Å². The molecule has 0 aromatic heterocycles. The lowest BCUT2D eigenvalue weighted by atomic mass is 10.1. The van der Waals surface area contributed by atoms with E-state index in [2.05, 4.69) is 21.1 Å². The third kappa shape index (κ3) is 6.30. The fourth-order valence-corrected chi connectivity index (χ4v) is 6.87. The van der Waals surface area contributed by atoms with Gasteiger partial charge in [-0.1, -0.05) is 36.4 Å². The molecule has 240 valence electrons. The SMILES string of the molecule is Nc1ccc(NNc2ccc(N=Nc3cccc4ccc(S(=O)(=O)O)cc34)c3ccc(S(=O)(=O)O)cc23)c2cccc(S(=O)(=O)O)c12. The Labute approximate surface area is 267 Å². The Kier molecular flexibility index (Phi) is 7.83. The normalized spacial score (nSPS) is 12.7. The highest BCUT2D eigenvalue weighted by Crippen LogP contribution is 2.37. The molecule has 0 aliphatic rings. The number of anilines is 3. The molecule has 0 bridgehead atoms. The van der Waals surface area contributed by atoms with Gasteiger partial charge < -0.3 is 16.6 Å². The Morgan fingerprint density at radius 3 is 1.77 bits per heavy atom. The number of hydrazine groups is 1. The number of nitrogen functional groups attached to an aromatic ring is 1. The van der Waals surface area contributed by atoms with Crippen LogP contribution in [-0.2, 0) is 30.4 Å². The molecule has 0 heterocycles. The first-order chi connectivity index (χ1) is 22.1. The number of hydrogen-bond donors (Lipinski definition) is 6. The van der Waals surface area contributed by atoms with Crippen molar-refractivity contribution >= 4 is 91.1 Å². The van der Waals surface area contributed by atoms with E-state index < -0.39 is 35.2 Å². The lowest BCUT2D eigenvalue weighted by Gasteiger charge is -2.16. The number of hydrogen-bond acceptors (Lipinski definition) is 11. The largest absolute Gasteiger partial charge is 0.398 e. The lowest BCUT2D eigenvalue weighted by Crippen LogP contribution is -2.10. The number of nitrogens with one attached hydrogen (secondary N) is 2. The van der Waals surface area contributed by atoms with Gasteiger partial charge in [0.05, 0.1) is 32.5 Å². The molecule has 0 saturated heterocycles. The van der Waals surface area contributed by atoms with Crippen molar-refractivity contribution in [1.29, 1.82) is 0 Å². The number of azo groups is 1. The van der Waals surface area contributed by atoms with Crippen molar-refractivity contribution in [2.24, 2.45) is 10.2 Å². The summed E-state index contributed by atoms with van der Waals surface area (Å²) >= 11 is 0. The summed E-state index contributed by atoms with van der Waals surface area (Å²) in [6, 6.07) is 23.3. The van der Waals surface area contributed by atoms with Gasteiger partial charge in [-0.05, 0) is 66.0 Å². The second-order valence-electron chi connectivity index (χ2n) is 10.3. The van der Waals surface area contributed by atoms with E-state index in [0.29, 0.717) is 38.6 Å². The van der Waals surface area contributed by atoms with Crippen LogP contribution in [-0.4, -0.2) is 38.9 Å². The highest BCUT2D eigenvalue weighted by molar-refractivity contribution is 7.86. The predicted octanol–water partition coefficient (Wildman–Crippen LogP) is 6.32. The second-order valence-corrected chi connectivity index (χ2v) is 14.5. The minimum absolute atomic E-state index is 0.0909. The monoisotopic (exact) mass is 693 g/mol. The van der Waals surface area contributed by atoms with Gasteiger partial charge in [-0.2, -0.15) is 25.3 Å². The number of rotatable bonds is 8. The summed E-state index contributed by atoms with van der Waals surface area (Å²) < 4.78 is 100. The fraction of sp³-hybridized carbons (Fsp3) is 0. The van der Waals surface area contributed by atoms with Crippen LogP contribution >= 0.6 is 0 Å². The van der Waals surface area contributed by atoms with Crippen LogP contribution in [0.5, 0.6) is 0 Å². The first kappa shape index (κ1) is 31.8.